The second kappa shape index (κ2) is 9.84. The number of anilines is 1. The fraction of sp³-hybridized carbons (Fsp3) is 0.400. The summed E-state index contributed by atoms with van der Waals surface area (Å²) in [5.41, 5.74) is 6.94. The van der Waals surface area contributed by atoms with Crippen molar-refractivity contribution in [2.24, 2.45) is 5.92 Å². The van der Waals surface area contributed by atoms with E-state index in [9.17, 15) is 9.36 Å². The Morgan fingerprint density at radius 3 is 2.88 bits per heavy atom. The van der Waals surface area contributed by atoms with Gasteiger partial charge in [0, 0.05) is 13.0 Å². The van der Waals surface area contributed by atoms with Crippen LogP contribution in [0.2, 0.25) is 0 Å². The van der Waals surface area contributed by atoms with E-state index in [1.807, 2.05) is 10.6 Å². The van der Waals surface area contributed by atoms with E-state index in [2.05, 4.69) is 20.0 Å². The Balaban J connectivity index is 1.48. The van der Waals surface area contributed by atoms with Crippen molar-refractivity contribution in [1.82, 2.24) is 24.6 Å². The van der Waals surface area contributed by atoms with Crippen LogP contribution in [-0.2, 0) is 23.4 Å². The number of rotatable bonds is 9. The number of fused-ring (bicyclic) bond motifs is 1. The Hall–Kier alpha value is -3.05. The predicted molar refractivity (Wildman–Crippen MR) is 118 cm³/mol. The van der Waals surface area contributed by atoms with Crippen molar-refractivity contribution in [1.29, 1.82) is 0 Å². The fourth-order valence-corrected chi connectivity index (χ4v) is 4.92. The number of methoxy groups -OCH3 is 1. The highest BCUT2D eigenvalue weighted by Gasteiger charge is 2.37. The number of carbonyl (C=O) groups excluding carboxylic acids is 1. The number of benzene rings is 1. The third kappa shape index (κ3) is 5.31. The zero-order valence-electron chi connectivity index (χ0n) is 18.2. The maximum absolute atomic E-state index is 13.6. The summed E-state index contributed by atoms with van der Waals surface area (Å²) in [5, 5.41) is 2.75. The molecule has 3 N–H and O–H groups in total. The molecule has 0 amide bonds. The van der Waals surface area contributed by atoms with Gasteiger partial charge in [-0.3, -0.25) is 9.32 Å². The molecule has 0 radical (unpaired) electrons. The van der Waals surface area contributed by atoms with Crippen molar-refractivity contribution in [3.8, 4) is 5.75 Å². The minimum Gasteiger partial charge on any atom is -0.469 e. The number of ether oxygens (including phenoxy) is 2. The summed E-state index contributed by atoms with van der Waals surface area (Å²) in [6.07, 6.45) is 2.52. The average Bonchev–Trinajstić information content (AvgIpc) is 3.45. The van der Waals surface area contributed by atoms with Gasteiger partial charge in [0.05, 0.1) is 32.0 Å². The number of esters is 1. The third-order valence-corrected chi connectivity index (χ3v) is 6.67. The Morgan fingerprint density at radius 2 is 2.12 bits per heavy atom. The summed E-state index contributed by atoms with van der Waals surface area (Å²) in [5.74, 6) is -0.373. The van der Waals surface area contributed by atoms with Gasteiger partial charge in [0.25, 0.3) is 0 Å². The summed E-state index contributed by atoms with van der Waals surface area (Å²) < 4.78 is 37.3. The molecule has 4 rings (SSSR count). The van der Waals surface area contributed by atoms with E-state index in [-0.39, 0.29) is 25.0 Å². The van der Waals surface area contributed by atoms with Crippen LogP contribution in [0.15, 0.2) is 43.0 Å². The smallest absolute Gasteiger partial charge is 0.461 e. The van der Waals surface area contributed by atoms with E-state index < -0.39 is 25.9 Å². The number of imidazole rings is 1. The molecule has 2 aromatic heterocycles. The molecule has 176 valence electrons. The van der Waals surface area contributed by atoms with E-state index >= 15 is 0 Å². The zero-order valence-corrected chi connectivity index (χ0v) is 19.1. The van der Waals surface area contributed by atoms with Gasteiger partial charge in [-0.15, -0.1) is 0 Å². The van der Waals surface area contributed by atoms with Gasteiger partial charge in [0.1, 0.15) is 17.6 Å². The van der Waals surface area contributed by atoms with Gasteiger partial charge in [-0.2, -0.15) is 0 Å². The quantitative estimate of drug-likeness (QED) is 0.345. The lowest BCUT2D eigenvalue weighted by molar-refractivity contribution is -0.144. The van der Waals surface area contributed by atoms with Crippen molar-refractivity contribution < 1.29 is 27.9 Å². The van der Waals surface area contributed by atoms with Gasteiger partial charge in [-0.25, -0.2) is 24.6 Å². The number of para-hydroxylation sites is 1. The predicted octanol–water partition coefficient (Wildman–Crippen LogP) is 2.30. The Morgan fingerprint density at radius 1 is 1.33 bits per heavy atom. The Kier molecular flexibility index (Phi) is 6.89. The molecule has 0 spiro atoms. The molecular weight excluding hydrogens is 451 g/mol. The standard InChI is InChI=1S/C20H25N6O6P/c1-13(20(27)29-2)9-25-33(28,31-15-6-4-3-5-7-15)32-16-8-14(10-30-16)26-12-24-17-18(21)22-11-23-19(17)26/h3-7,11-14,16H,8-10H2,1-2H3,(H,25,28)(H2,21,22,23)/t13?,14-,16+,33?/m1/s1. The molecule has 0 bridgehead atoms. The molecule has 1 fully saturated rings. The maximum Gasteiger partial charge on any atom is 0.461 e. The summed E-state index contributed by atoms with van der Waals surface area (Å²) in [6.45, 7) is 1.95. The highest BCUT2D eigenvalue weighted by molar-refractivity contribution is 7.52. The number of aromatic nitrogens is 4. The third-order valence-electron chi connectivity index (χ3n) is 5.14. The summed E-state index contributed by atoms with van der Waals surface area (Å²) in [4.78, 5) is 24.2. The lowest BCUT2D eigenvalue weighted by Gasteiger charge is -2.23. The second-order valence-corrected chi connectivity index (χ2v) is 9.23. The van der Waals surface area contributed by atoms with Crippen LogP contribution in [0.3, 0.4) is 0 Å². The molecule has 1 aliphatic heterocycles. The molecule has 33 heavy (non-hydrogen) atoms. The second-order valence-electron chi connectivity index (χ2n) is 7.53. The van der Waals surface area contributed by atoms with Crippen LogP contribution in [0.1, 0.15) is 19.4 Å². The van der Waals surface area contributed by atoms with Crippen molar-refractivity contribution in [2.75, 3.05) is 26.0 Å². The first-order valence-corrected chi connectivity index (χ1v) is 11.8. The first kappa shape index (κ1) is 23.1. The summed E-state index contributed by atoms with van der Waals surface area (Å²) >= 11 is 0. The van der Waals surface area contributed by atoms with Crippen LogP contribution in [0.25, 0.3) is 11.2 Å². The first-order valence-electron chi connectivity index (χ1n) is 10.3. The molecule has 0 saturated carbocycles. The molecule has 4 atom stereocenters. The first-order chi connectivity index (χ1) is 15.9. The van der Waals surface area contributed by atoms with E-state index in [0.29, 0.717) is 23.3 Å². The monoisotopic (exact) mass is 476 g/mol. The number of nitrogens with zero attached hydrogens (tertiary/aromatic N) is 4. The van der Waals surface area contributed by atoms with Gasteiger partial charge < -0.3 is 24.3 Å². The Labute approximate surface area is 190 Å². The van der Waals surface area contributed by atoms with Gasteiger partial charge in [-0.05, 0) is 12.1 Å². The minimum atomic E-state index is -3.91. The van der Waals surface area contributed by atoms with Crippen LogP contribution in [0.5, 0.6) is 5.75 Å². The topological polar surface area (TPSA) is 153 Å². The summed E-state index contributed by atoms with van der Waals surface area (Å²) in [6, 6.07) is 8.44. The molecule has 1 aliphatic rings. The maximum atomic E-state index is 13.6. The van der Waals surface area contributed by atoms with Crippen molar-refractivity contribution in [2.45, 2.75) is 25.7 Å². The van der Waals surface area contributed by atoms with Gasteiger partial charge in [-0.1, -0.05) is 25.1 Å². The molecular formula is C20H25N6O6P. The van der Waals surface area contributed by atoms with E-state index in [1.165, 1.54) is 13.4 Å². The van der Waals surface area contributed by atoms with Crippen LogP contribution in [-0.4, -0.2) is 52.0 Å². The number of hydrogen-bond donors (Lipinski definition) is 2. The molecule has 3 aromatic rings. The van der Waals surface area contributed by atoms with E-state index in [1.54, 1.807) is 37.5 Å². The van der Waals surface area contributed by atoms with Gasteiger partial charge in [0.2, 0.25) is 0 Å². The van der Waals surface area contributed by atoms with Crippen LogP contribution >= 0.6 is 7.75 Å². The number of nitrogens with two attached hydrogens (primary N) is 1. The van der Waals surface area contributed by atoms with Crippen molar-refractivity contribution >= 4 is 30.7 Å². The zero-order chi connectivity index (χ0) is 23.4. The van der Waals surface area contributed by atoms with Crippen molar-refractivity contribution in [3.05, 3.63) is 43.0 Å². The molecule has 12 nitrogen and oxygen atoms in total. The minimum absolute atomic E-state index is 0.0231. The normalized spacial score (nSPS) is 20.9. The molecule has 1 aromatic carbocycles. The van der Waals surface area contributed by atoms with Gasteiger partial charge in [0.15, 0.2) is 17.8 Å². The van der Waals surface area contributed by atoms with E-state index in [0.717, 1.165) is 0 Å². The fourth-order valence-electron chi connectivity index (χ4n) is 3.38. The Bertz CT molecular complexity index is 1160. The molecule has 13 heteroatoms. The van der Waals surface area contributed by atoms with Crippen LogP contribution in [0.4, 0.5) is 5.82 Å². The average molecular weight is 476 g/mol. The highest BCUT2D eigenvalue weighted by Crippen LogP contribution is 2.48. The molecule has 0 aliphatic carbocycles. The number of hydrogen-bond acceptors (Lipinski definition) is 10. The summed E-state index contributed by atoms with van der Waals surface area (Å²) in [7, 11) is -2.62. The van der Waals surface area contributed by atoms with Crippen molar-refractivity contribution in [3.63, 3.8) is 0 Å². The lowest BCUT2D eigenvalue weighted by atomic mass is 10.2. The number of carbonyl (C=O) groups is 1. The highest BCUT2D eigenvalue weighted by atomic mass is 31.2. The largest absolute Gasteiger partial charge is 0.469 e. The van der Waals surface area contributed by atoms with Crippen LogP contribution in [0, 0.1) is 5.92 Å². The number of nitrogen functional groups attached to an aromatic ring is 1. The lowest BCUT2D eigenvalue weighted by Crippen LogP contribution is -2.29. The number of nitrogens with one attached hydrogen (secondary N) is 1. The van der Waals surface area contributed by atoms with Gasteiger partial charge >= 0.3 is 13.7 Å². The molecule has 2 unspecified atom stereocenters. The van der Waals surface area contributed by atoms with Crippen LogP contribution < -0.4 is 15.3 Å². The SMILES string of the molecule is COC(=O)C(C)CNP(=O)(Oc1ccccc1)O[C@H]1C[C@@H](n2cnc3c(N)ncnc32)CO1. The van der Waals surface area contributed by atoms with E-state index in [4.69, 9.17) is 24.3 Å². The molecule has 3 heterocycles. The molecule has 1 saturated heterocycles.